The number of ether oxygens (including phenoxy) is 1. The van der Waals surface area contributed by atoms with Crippen LogP contribution in [0, 0.1) is 0 Å². The molecule has 3 nitrogen and oxygen atoms in total. The van der Waals surface area contributed by atoms with E-state index in [9.17, 15) is 4.79 Å². The van der Waals surface area contributed by atoms with Crippen molar-refractivity contribution in [2.24, 2.45) is 0 Å². The van der Waals surface area contributed by atoms with E-state index in [-0.39, 0.29) is 5.02 Å². The summed E-state index contributed by atoms with van der Waals surface area (Å²) in [5.41, 5.74) is 0.968. The molecule has 0 N–H and O–H groups in total. The minimum atomic E-state index is -0.490. The van der Waals surface area contributed by atoms with Crippen LogP contribution in [0.5, 0.6) is 0 Å². The molecule has 0 aliphatic rings. The maximum atomic E-state index is 11.4. The zero-order valence-electron chi connectivity index (χ0n) is 9.28. The Morgan fingerprint density at radius 2 is 1.72 bits per heavy atom. The lowest BCUT2D eigenvalue weighted by Gasteiger charge is -2.09. The van der Waals surface area contributed by atoms with E-state index in [1.807, 2.05) is 0 Å². The number of aromatic nitrogens is 1. The predicted octanol–water partition coefficient (Wildman–Crippen LogP) is 4.22. The van der Waals surface area contributed by atoms with Crippen LogP contribution in [0.15, 0.2) is 30.3 Å². The van der Waals surface area contributed by atoms with Crippen LogP contribution >= 0.6 is 34.8 Å². The van der Waals surface area contributed by atoms with E-state index < -0.39 is 5.97 Å². The lowest BCUT2D eigenvalue weighted by molar-refractivity contribution is 0.0601. The van der Waals surface area contributed by atoms with Gasteiger partial charge in [0.05, 0.1) is 17.7 Å². The minimum Gasteiger partial charge on any atom is -0.465 e. The third-order valence-corrected chi connectivity index (χ3v) is 3.30. The van der Waals surface area contributed by atoms with E-state index in [4.69, 9.17) is 34.8 Å². The largest absolute Gasteiger partial charge is 0.465 e. The van der Waals surface area contributed by atoms with Gasteiger partial charge in [0.15, 0.2) is 0 Å². The summed E-state index contributed by atoms with van der Waals surface area (Å²) < 4.78 is 6.22. The van der Waals surface area contributed by atoms with Crippen molar-refractivity contribution < 1.29 is 9.53 Å². The molecule has 18 heavy (non-hydrogen) atoms. The Balaban J connectivity index is 2.50. The van der Waals surface area contributed by atoms with Crippen LogP contribution in [0.1, 0.15) is 10.4 Å². The first-order chi connectivity index (χ1) is 8.54. The predicted molar refractivity (Wildman–Crippen MR) is 72.1 cm³/mol. The Morgan fingerprint density at radius 3 is 2.22 bits per heavy atom. The molecule has 1 heterocycles. The molecule has 0 aliphatic carbocycles. The van der Waals surface area contributed by atoms with Crippen LogP contribution in [-0.2, 0) is 4.74 Å². The molecule has 2 aromatic rings. The van der Waals surface area contributed by atoms with Crippen molar-refractivity contribution in [1.29, 1.82) is 0 Å². The van der Waals surface area contributed by atoms with Crippen LogP contribution in [0.3, 0.4) is 0 Å². The van der Waals surface area contributed by atoms with Gasteiger partial charge in [-0.1, -0.05) is 34.8 Å². The van der Waals surface area contributed by atoms with Gasteiger partial charge in [0.2, 0.25) is 0 Å². The van der Waals surface area contributed by atoms with Gasteiger partial charge in [-0.15, -0.1) is 0 Å². The molecule has 0 atom stereocenters. The van der Waals surface area contributed by atoms with Gasteiger partial charge in [0.25, 0.3) is 0 Å². The Kier molecular flexibility index (Phi) is 3.85. The van der Waals surface area contributed by atoms with Crippen molar-refractivity contribution in [3.63, 3.8) is 0 Å². The highest BCUT2D eigenvalue weighted by molar-refractivity contribution is 6.35. The van der Waals surface area contributed by atoms with E-state index in [0.717, 1.165) is 0 Å². The number of benzene rings is 1. The van der Waals surface area contributed by atoms with Crippen molar-refractivity contribution in [2.45, 2.75) is 0 Å². The average molecular weight is 305 g/mol. The summed E-state index contributed by atoms with van der Waals surface area (Å²) in [7, 11) is 1.30. The van der Waals surface area contributed by atoms with Crippen LogP contribution in [0.4, 0.5) is 0 Å². The summed E-state index contributed by atoms with van der Waals surface area (Å²) >= 11 is 18.0. The molecule has 0 bridgehead atoms. The normalized spacial score (nSPS) is 10.4. The molecular weight excluding hydrogens is 296 g/mol. The van der Waals surface area contributed by atoms with Crippen molar-refractivity contribution in [1.82, 2.24) is 4.57 Å². The zero-order chi connectivity index (χ0) is 13.3. The monoisotopic (exact) mass is 303 g/mol. The number of hydrogen-bond donors (Lipinski definition) is 0. The van der Waals surface area contributed by atoms with Crippen molar-refractivity contribution >= 4 is 40.8 Å². The second-order valence-electron chi connectivity index (χ2n) is 3.47. The summed E-state index contributed by atoms with van der Waals surface area (Å²) in [6, 6.07) is 8.20. The fraction of sp³-hybridized carbons (Fsp3) is 0.0833. The summed E-state index contributed by atoms with van der Waals surface area (Å²) in [5, 5.41) is 1.20. The lowest BCUT2D eigenvalue weighted by atomic mass is 10.2. The zero-order valence-corrected chi connectivity index (χ0v) is 11.6. The summed E-state index contributed by atoms with van der Waals surface area (Å²) in [6.45, 7) is 0. The van der Waals surface area contributed by atoms with Crippen molar-refractivity contribution in [2.75, 3.05) is 7.11 Å². The van der Waals surface area contributed by atoms with E-state index in [1.54, 1.807) is 34.9 Å². The molecule has 94 valence electrons. The number of hydrogen-bond acceptors (Lipinski definition) is 2. The topological polar surface area (TPSA) is 31.2 Å². The van der Waals surface area contributed by atoms with Gasteiger partial charge in [-0.3, -0.25) is 4.57 Å². The SMILES string of the molecule is COC(=O)c1ccc(-n2c(Cl)ccc2Cl)cc1Cl. The third-order valence-electron chi connectivity index (χ3n) is 2.40. The van der Waals surface area contributed by atoms with Crippen LogP contribution in [0.25, 0.3) is 5.69 Å². The number of esters is 1. The van der Waals surface area contributed by atoms with Gasteiger partial charge in [0, 0.05) is 5.69 Å². The summed E-state index contributed by atoms with van der Waals surface area (Å²) in [4.78, 5) is 11.4. The van der Waals surface area contributed by atoms with Gasteiger partial charge in [-0.2, -0.15) is 0 Å². The lowest BCUT2D eigenvalue weighted by Crippen LogP contribution is -2.03. The number of halogens is 3. The fourth-order valence-corrected chi connectivity index (χ4v) is 2.35. The molecule has 0 radical (unpaired) electrons. The highest BCUT2D eigenvalue weighted by atomic mass is 35.5. The van der Waals surface area contributed by atoms with Gasteiger partial charge in [-0.05, 0) is 30.3 Å². The second kappa shape index (κ2) is 5.22. The first-order valence-corrected chi connectivity index (χ1v) is 6.09. The van der Waals surface area contributed by atoms with Gasteiger partial charge in [0.1, 0.15) is 10.3 Å². The first-order valence-electron chi connectivity index (χ1n) is 4.95. The highest BCUT2D eigenvalue weighted by Gasteiger charge is 2.13. The molecule has 1 aromatic heterocycles. The van der Waals surface area contributed by atoms with E-state index >= 15 is 0 Å². The smallest absolute Gasteiger partial charge is 0.339 e. The number of rotatable bonds is 2. The van der Waals surface area contributed by atoms with Crippen molar-refractivity contribution in [3.8, 4) is 5.69 Å². The maximum Gasteiger partial charge on any atom is 0.339 e. The standard InChI is InChI=1S/C12H8Cl3NO2/c1-18-12(17)8-3-2-7(6-9(8)13)16-10(14)4-5-11(16)15/h2-6H,1H3. The highest BCUT2D eigenvalue weighted by Crippen LogP contribution is 2.28. The molecular formula is C12H8Cl3NO2. The molecule has 1 aromatic carbocycles. The Bertz CT molecular complexity index is 588. The first kappa shape index (κ1) is 13.3. The van der Waals surface area contributed by atoms with E-state index in [0.29, 0.717) is 21.6 Å². The molecule has 0 saturated heterocycles. The summed E-state index contributed by atoms with van der Waals surface area (Å²) in [6.07, 6.45) is 0. The fourth-order valence-electron chi connectivity index (χ4n) is 1.55. The van der Waals surface area contributed by atoms with E-state index in [1.165, 1.54) is 7.11 Å². The number of carbonyl (C=O) groups excluding carboxylic acids is 1. The Labute approximate surface area is 119 Å². The molecule has 0 fully saturated rings. The quantitative estimate of drug-likeness (QED) is 0.778. The molecule has 0 unspecified atom stereocenters. The van der Waals surface area contributed by atoms with Gasteiger partial charge in [-0.25, -0.2) is 4.79 Å². The molecule has 2 rings (SSSR count). The molecule has 0 saturated carbocycles. The van der Waals surface area contributed by atoms with Crippen LogP contribution < -0.4 is 0 Å². The second-order valence-corrected chi connectivity index (χ2v) is 4.65. The molecule has 6 heteroatoms. The Hall–Kier alpha value is -1.16. The maximum absolute atomic E-state index is 11.4. The number of methoxy groups -OCH3 is 1. The van der Waals surface area contributed by atoms with E-state index in [2.05, 4.69) is 4.74 Å². The minimum absolute atomic E-state index is 0.278. The van der Waals surface area contributed by atoms with Gasteiger partial charge < -0.3 is 4.74 Å². The summed E-state index contributed by atoms with van der Waals surface area (Å²) in [5.74, 6) is -0.490. The van der Waals surface area contributed by atoms with Crippen LogP contribution in [-0.4, -0.2) is 17.6 Å². The molecule has 0 aliphatic heterocycles. The van der Waals surface area contributed by atoms with Crippen molar-refractivity contribution in [3.05, 3.63) is 51.2 Å². The van der Waals surface area contributed by atoms with Crippen LogP contribution in [0.2, 0.25) is 15.3 Å². The average Bonchev–Trinajstić information content (AvgIpc) is 2.68. The molecule has 0 amide bonds. The number of carbonyl (C=O) groups is 1. The number of nitrogens with zero attached hydrogens (tertiary/aromatic N) is 1. The Morgan fingerprint density at radius 1 is 1.11 bits per heavy atom. The van der Waals surface area contributed by atoms with Gasteiger partial charge >= 0.3 is 5.97 Å². The molecule has 0 spiro atoms. The third kappa shape index (κ3) is 2.34.